The van der Waals surface area contributed by atoms with Gasteiger partial charge in [0.05, 0.1) is 0 Å². The smallest absolute Gasteiger partial charge is 0.255 e. The number of carbonyl (C=O) groups excluding carboxylic acids is 1. The number of nitrogens with zero attached hydrogens (tertiary/aromatic N) is 1. The first-order valence-corrected chi connectivity index (χ1v) is 9.68. The van der Waals surface area contributed by atoms with Crippen LogP contribution in [0.3, 0.4) is 0 Å². The molecule has 150 valence electrons. The largest absolute Gasteiger partial charge is 0.379 e. The van der Waals surface area contributed by atoms with E-state index in [1.54, 1.807) is 4.90 Å². The number of likely N-dealkylation sites (tertiary alicyclic amines) is 1. The number of carbonyl (C=O) groups is 1. The van der Waals surface area contributed by atoms with Gasteiger partial charge in [-0.05, 0) is 37.3 Å². The Morgan fingerprint density at radius 3 is 2.68 bits per heavy atom. The Morgan fingerprint density at radius 1 is 1.14 bits per heavy atom. The van der Waals surface area contributed by atoms with Crippen LogP contribution in [-0.4, -0.2) is 41.1 Å². The molecule has 2 aromatic carbocycles. The summed E-state index contributed by atoms with van der Waals surface area (Å²) in [7, 11) is 0. The molecule has 0 aromatic heterocycles. The number of hydrogen-bond acceptors (Lipinski definition) is 3. The summed E-state index contributed by atoms with van der Waals surface area (Å²) in [6, 6.07) is 13.5. The van der Waals surface area contributed by atoms with Crippen LogP contribution in [0.15, 0.2) is 48.5 Å². The van der Waals surface area contributed by atoms with Gasteiger partial charge >= 0.3 is 0 Å². The first kappa shape index (κ1) is 20.4. The summed E-state index contributed by atoms with van der Waals surface area (Å²) >= 11 is 0. The zero-order chi connectivity index (χ0) is 20.0. The summed E-state index contributed by atoms with van der Waals surface area (Å²) in [4.78, 5) is 14.5. The summed E-state index contributed by atoms with van der Waals surface area (Å²) in [5.74, 6) is -1.55. The summed E-state index contributed by atoms with van der Waals surface area (Å²) in [5.41, 5.74) is 0.0415. The van der Waals surface area contributed by atoms with E-state index in [0.717, 1.165) is 25.3 Å². The standard InChI is InChI=1S/C22H26F2N2O2/c23-19-10-9-18(20(24)14-19)15-25-16-22(28)11-5-13-26(21(22)27)12-4-8-17-6-2-1-3-7-17/h1-3,6-7,9-10,14,25,28H,4-5,8,11-13,15-16H2. The quantitative estimate of drug-likeness (QED) is 0.731. The molecule has 0 bridgehead atoms. The Kier molecular flexibility index (Phi) is 6.75. The number of aliphatic hydroxyl groups is 1. The van der Waals surface area contributed by atoms with E-state index in [0.29, 0.717) is 25.1 Å². The SMILES string of the molecule is O=C1N(CCCc2ccccc2)CCCC1(O)CNCc1ccc(F)cc1F. The van der Waals surface area contributed by atoms with Crippen LogP contribution >= 0.6 is 0 Å². The Bertz CT molecular complexity index is 800. The van der Waals surface area contributed by atoms with Crippen molar-refractivity contribution in [2.24, 2.45) is 0 Å². The van der Waals surface area contributed by atoms with Gasteiger partial charge in [0.25, 0.3) is 5.91 Å². The van der Waals surface area contributed by atoms with Crippen LogP contribution in [0.25, 0.3) is 0 Å². The van der Waals surface area contributed by atoms with Gasteiger partial charge in [0.15, 0.2) is 5.60 Å². The van der Waals surface area contributed by atoms with Crippen molar-refractivity contribution in [3.63, 3.8) is 0 Å². The van der Waals surface area contributed by atoms with Gasteiger partial charge in [-0.3, -0.25) is 4.79 Å². The molecular weight excluding hydrogens is 362 g/mol. The molecule has 2 aromatic rings. The lowest BCUT2D eigenvalue weighted by Crippen LogP contribution is -2.58. The molecule has 1 atom stereocenters. The second-order valence-electron chi connectivity index (χ2n) is 7.36. The number of rotatable bonds is 8. The van der Waals surface area contributed by atoms with Gasteiger partial charge in [0.2, 0.25) is 0 Å². The summed E-state index contributed by atoms with van der Waals surface area (Å²) in [6.45, 7) is 1.40. The first-order valence-electron chi connectivity index (χ1n) is 9.68. The molecule has 28 heavy (non-hydrogen) atoms. The molecular formula is C22H26F2N2O2. The maximum Gasteiger partial charge on any atom is 0.255 e. The fourth-order valence-corrected chi connectivity index (χ4v) is 3.63. The number of halogens is 2. The molecule has 1 unspecified atom stereocenters. The van der Waals surface area contributed by atoms with Crippen molar-refractivity contribution in [2.45, 2.75) is 37.8 Å². The van der Waals surface area contributed by atoms with Gasteiger partial charge in [-0.15, -0.1) is 0 Å². The maximum atomic E-state index is 13.7. The minimum atomic E-state index is -1.48. The Labute approximate surface area is 164 Å². The number of hydrogen-bond donors (Lipinski definition) is 2. The zero-order valence-corrected chi connectivity index (χ0v) is 15.8. The Balaban J connectivity index is 1.50. The van der Waals surface area contributed by atoms with Crippen molar-refractivity contribution < 1.29 is 18.7 Å². The monoisotopic (exact) mass is 388 g/mol. The third-order valence-electron chi connectivity index (χ3n) is 5.19. The highest BCUT2D eigenvalue weighted by Gasteiger charge is 2.41. The van der Waals surface area contributed by atoms with E-state index in [1.165, 1.54) is 17.7 Å². The molecule has 1 saturated heterocycles. The number of benzene rings is 2. The van der Waals surface area contributed by atoms with Crippen molar-refractivity contribution in [1.29, 1.82) is 0 Å². The molecule has 1 aliphatic heterocycles. The van der Waals surface area contributed by atoms with Crippen LogP contribution in [0.5, 0.6) is 0 Å². The van der Waals surface area contributed by atoms with Crippen LogP contribution in [0.4, 0.5) is 8.78 Å². The number of aryl methyl sites for hydroxylation is 1. The second kappa shape index (κ2) is 9.26. The van der Waals surface area contributed by atoms with Crippen LogP contribution in [0, 0.1) is 11.6 Å². The highest BCUT2D eigenvalue weighted by Crippen LogP contribution is 2.23. The van der Waals surface area contributed by atoms with Crippen LogP contribution in [0.1, 0.15) is 30.4 Å². The van der Waals surface area contributed by atoms with E-state index >= 15 is 0 Å². The molecule has 2 N–H and O–H groups in total. The number of piperidine rings is 1. The van der Waals surface area contributed by atoms with Crippen LogP contribution in [0.2, 0.25) is 0 Å². The van der Waals surface area contributed by atoms with Gasteiger partial charge in [0, 0.05) is 37.8 Å². The number of nitrogens with one attached hydrogen (secondary N) is 1. The zero-order valence-electron chi connectivity index (χ0n) is 15.8. The normalized spacial score (nSPS) is 19.8. The fraction of sp³-hybridized carbons (Fsp3) is 0.409. The minimum Gasteiger partial charge on any atom is -0.379 e. The van der Waals surface area contributed by atoms with Gasteiger partial charge < -0.3 is 15.3 Å². The maximum absolute atomic E-state index is 13.7. The fourth-order valence-electron chi connectivity index (χ4n) is 3.63. The van der Waals surface area contributed by atoms with Gasteiger partial charge in [-0.1, -0.05) is 36.4 Å². The molecule has 6 heteroatoms. The third-order valence-corrected chi connectivity index (χ3v) is 5.19. The third kappa shape index (κ3) is 5.14. The second-order valence-corrected chi connectivity index (χ2v) is 7.36. The van der Waals surface area contributed by atoms with E-state index in [1.807, 2.05) is 18.2 Å². The molecule has 4 nitrogen and oxygen atoms in total. The van der Waals surface area contributed by atoms with Crippen molar-refractivity contribution in [3.8, 4) is 0 Å². The lowest BCUT2D eigenvalue weighted by molar-refractivity contribution is -0.156. The predicted molar refractivity (Wildman–Crippen MR) is 104 cm³/mol. The van der Waals surface area contributed by atoms with Gasteiger partial charge in [-0.25, -0.2) is 8.78 Å². The Hall–Kier alpha value is -2.31. The van der Waals surface area contributed by atoms with E-state index in [9.17, 15) is 18.7 Å². The first-order chi connectivity index (χ1) is 13.5. The van der Waals surface area contributed by atoms with Crippen LogP contribution < -0.4 is 5.32 Å². The van der Waals surface area contributed by atoms with Crippen molar-refractivity contribution in [2.75, 3.05) is 19.6 Å². The molecule has 0 saturated carbocycles. The lowest BCUT2D eigenvalue weighted by Gasteiger charge is -2.38. The van der Waals surface area contributed by atoms with Crippen molar-refractivity contribution in [3.05, 3.63) is 71.3 Å². The highest BCUT2D eigenvalue weighted by molar-refractivity contribution is 5.86. The number of amides is 1. The van der Waals surface area contributed by atoms with E-state index < -0.39 is 17.2 Å². The minimum absolute atomic E-state index is 0.0395. The van der Waals surface area contributed by atoms with E-state index in [-0.39, 0.29) is 19.0 Å². The topological polar surface area (TPSA) is 52.6 Å². The summed E-state index contributed by atoms with van der Waals surface area (Å²) in [5, 5.41) is 13.8. The van der Waals surface area contributed by atoms with Gasteiger partial charge in [0.1, 0.15) is 11.6 Å². The van der Waals surface area contributed by atoms with E-state index in [4.69, 9.17) is 0 Å². The molecule has 3 rings (SSSR count). The average molecular weight is 388 g/mol. The molecule has 1 amide bonds. The van der Waals surface area contributed by atoms with Crippen molar-refractivity contribution >= 4 is 5.91 Å². The van der Waals surface area contributed by atoms with Gasteiger partial charge in [-0.2, -0.15) is 0 Å². The lowest BCUT2D eigenvalue weighted by atomic mass is 9.91. The van der Waals surface area contributed by atoms with Crippen LogP contribution in [-0.2, 0) is 17.8 Å². The highest BCUT2D eigenvalue weighted by atomic mass is 19.1. The summed E-state index contributed by atoms with van der Waals surface area (Å²) < 4.78 is 26.7. The molecule has 0 aliphatic carbocycles. The molecule has 1 heterocycles. The Morgan fingerprint density at radius 2 is 1.93 bits per heavy atom. The van der Waals surface area contributed by atoms with Crippen molar-refractivity contribution in [1.82, 2.24) is 10.2 Å². The average Bonchev–Trinajstić information content (AvgIpc) is 2.68. The molecule has 1 aliphatic rings. The molecule has 0 radical (unpaired) electrons. The van der Waals surface area contributed by atoms with E-state index in [2.05, 4.69) is 17.4 Å². The molecule has 1 fully saturated rings. The summed E-state index contributed by atoms with van der Waals surface area (Å²) in [6.07, 6.45) is 2.81. The molecule has 0 spiro atoms. The predicted octanol–water partition coefficient (Wildman–Crippen LogP) is 3.04.